The molecule has 0 bridgehead atoms. The number of aliphatic hydroxyl groups excluding tert-OH is 1. The van der Waals surface area contributed by atoms with Crippen LogP contribution in [0.1, 0.15) is 0 Å². The summed E-state index contributed by atoms with van der Waals surface area (Å²) in [5.74, 6) is 0. The Morgan fingerprint density at radius 3 is 2.50 bits per heavy atom. The summed E-state index contributed by atoms with van der Waals surface area (Å²) in [6.45, 7) is 3.17. The second-order valence-corrected chi connectivity index (χ2v) is 0.778. The topological polar surface area (TPSA) is 56.4 Å². The quantitative estimate of drug-likeness (QED) is 0.373. The lowest BCUT2D eigenvalue weighted by atomic mass is 10.6. The summed E-state index contributed by atoms with van der Waals surface area (Å²) in [6, 6.07) is 0. The van der Waals surface area contributed by atoms with Crippen molar-refractivity contribution >= 4 is 0 Å². The molecule has 3 heteroatoms. The van der Waals surface area contributed by atoms with E-state index in [-0.39, 0.29) is 0 Å². The Morgan fingerprint density at radius 1 is 2.00 bits per heavy atom. The second-order valence-electron chi connectivity index (χ2n) is 0.778. The number of rotatable bonds is 2. The van der Waals surface area contributed by atoms with Gasteiger partial charge in [0.05, 0.1) is 0 Å². The molecular formula is C3H6N2O. The highest BCUT2D eigenvalue weighted by molar-refractivity contribution is 4.72. The molecule has 0 aromatic heterocycles. The fourth-order valence-electron chi connectivity index (χ4n) is 0.0527. The maximum atomic E-state index is 8.19. The molecule has 0 aromatic rings. The first-order valence-electron chi connectivity index (χ1n) is 1.48. The van der Waals surface area contributed by atoms with Gasteiger partial charge in [-0.05, 0) is 6.08 Å². The molecule has 0 saturated carbocycles. The normalized spacial score (nSPS) is 12.8. The van der Waals surface area contributed by atoms with Crippen molar-refractivity contribution in [2.75, 3.05) is 0 Å². The van der Waals surface area contributed by atoms with Crippen molar-refractivity contribution in [1.82, 2.24) is 0 Å². The van der Waals surface area contributed by atoms with Gasteiger partial charge in [-0.25, -0.2) is 5.53 Å². The summed E-state index contributed by atoms with van der Waals surface area (Å²) < 4.78 is 0. The molecule has 0 aliphatic carbocycles. The molecule has 0 amide bonds. The Morgan fingerprint density at radius 2 is 2.50 bits per heavy atom. The molecule has 1 unspecified atom stereocenters. The zero-order valence-corrected chi connectivity index (χ0v) is 3.26. The number of nitrogens with one attached hydrogen (secondary N) is 1. The van der Waals surface area contributed by atoms with Crippen molar-refractivity contribution in [1.29, 1.82) is 5.53 Å². The zero-order chi connectivity index (χ0) is 4.99. The Hall–Kier alpha value is -0.700. The molecule has 0 spiro atoms. The lowest BCUT2D eigenvalue weighted by Crippen LogP contribution is -1.91. The van der Waals surface area contributed by atoms with E-state index in [0.29, 0.717) is 0 Å². The summed E-state index contributed by atoms with van der Waals surface area (Å²) >= 11 is 0. The molecular weight excluding hydrogens is 80.0 g/mol. The Balaban J connectivity index is 3.21. The highest BCUT2D eigenvalue weighted by atomic mass is 16.3. The lowest BCUT2D eigenvalue weighted by molar-refractivity contribution is 0.222. The number of nitrogens with zero attached hydrogens (tertiary/aromatic N) is 1. The first-order valence-corrected chi connectivity index (χ1v) is 1.48. The molecule has 0 rings (SSSR count). The van der Waals surface area contributed by atoms with Gasteiger partial charge in [-0.3, -0.25) is 0 Å². The van der Waals surface area contributed by atoms with Crippen molar-refractivity contribution in [2.45, 2.75) is 6.23 Å². The number of hydrogen-bond acceptors (Lipinski definition) is 3. The molecule has 34 valence electrons. The summed E-state index contributed by atoms with van der Waals surface area (Å²) in [5.41, 5.74) is 6.11. The van der Waals surface area contributed by atoms with E-state index in [0.717, 1.165) is 0 Å². The first-order chi connectivity index (χ1) is 2.81. The third kappa shape index (κ3) is 1.60. The summed E-state index contributed by atoms with van der Waals surface area (Å²) in [7, 11) is 0. The lowest BCUT2D eigenvalue weighted by Gasteiger charge is -1.86. The van der Waals surface area contributed by atoms with E-state index in [1.54, 1.807) is 0 Å². The molecule has 0 fully saturated rings. The maximum Gasteiger partial charge on any atom is 0.184 e. The largest absolute Gasteiger partial charge is 0.367 e. The standard InChI is InChI=1S/C3H6N2O/c1-2-3(6)5-4/h2-4,6H,1H2. The molecule has 2 N–H and O–H groups in total. The molecule has 0 aromatic carbocycles. The Kier molecular flexibility index (Phi) is 2.24. The van der Waals surface area contributed by atoms with Crippen LogP contribution in [0.3, 0.4) is 0 Å². The highest BCUT2D eigenvalue weighted by Gasteiger charge is 1.83. The van der Waals surface area contributed by atoms with Gasteiger partial charge in [0.15, 0.2) is 6.23 Å². The smallest absolute Gasteiger partial charge is 0.184 e. The third-order valence-electron chi connectivity index (χ3n) is 0.343. The molecule has 6 heavy (non-hydrogen) atoms. The molecule has 0 aliphatic rings. The van der Waals surface area contributed by atoms with Crippen molar-refractivity contribution in [2.24, 2.45) is 5.11 Å². The average Bonchev–Trinajstić information content (AvgIpc) is 1.65. The minimum Gasteiger partial charge on any atom is -0.367 e. The van der Waals surface area contributed by atoms with Crippen molar-refractivity contribution in [3.63, 3.8) is 0 Å². The van der Waals surface area contributed by atoms with Gasteiger partial charge in [0.25, 0.3) is 0 Å². The summed E-state index contributed by atoms with van der Waals surface area (Å²) in [6.07, 6.45) is 0.164. The average molecular weight is 86.1 g/mol. The van der Waals surface area contributed by atoms with Gasteiger partial charge in [-0.1, -0.05) is 6.58 Å². The summed E-state index contributed by atoms with van der Waals surface area (Å²) in [5, 5.41) is 10.9. The van der Waals surface area contributed by atoms with Crippen LogP contribution in [0.4, 0.5) is 0 Å². The van der Waals surface area contributed by atoms with E-state index in [9.17, 15) is 0 Å². The van der Waals surface area contributed by atoms with E-state index in [1.165, 1.54) is 6.08 Å². The fraction of sp³-hybridized carbons (Fsp3) is 0.333. The van der Waals surface area contributed by atoms with Crippen molar-refractivity contribution in [3.05, 3.63) is 12.7 Å². The summed E-state index contributed by atoms with van der Waals surface area (Å²) in [4.78, 5) is 0. The molecule has 0 heterocycles. The predicted molar refractivity (Wildman–Crippen MR) is 21.4 cm³/mol. The van der Waals surface area contributed by atoms with Gasteiger partial charge in [-0.15, -0.1) is 0 Å². The monoisotopic (exact) mass is 86.0 g/mol. The van der Waals surface area contributed by atoms with Gasteiger partial charge >= 0.3 is 0 Å². The fourth-order valence-corrected chi connectivity index (χ4v) is 0.0527. The van der Waals surface area contributed by atoms with Gasteiger partial charge in [-0.2, -0.15) is 5.11 Å². The van der Waals surface area contributed by atoms with Crippen LogP contribution in [-0.4, -0.2) is 11.3 Å². The van der Waals surface area contributed by atoms with Crippen LogP contribution in [0.2, 0.25) is 0 Å². The van der Waals surface area contributed by atoms with Gasteiger partial charge < -0.3 is 5.11 Å². The number of hydrogen-bond donors (Lipinski definition) is 2. The molecule has 3 nitrogen and oxygen atoms in total. The zero-order valence-electron chi connectivity index (χ0n) is 3.26. The van der Waals surface area contributed by atoms with Gasteiger partial charge in [0.1, 0.15) is 0 Å². The van der Waals surface area contributed by atoms with Gasteiger partial charge in [0, 0.05) is 0 Å². The van der Waals surface area contributed by atoms with Crippen LogP contribution >= 0.6 is 0 Å². The van der Waals surface area contributed by atoms with Crippen LogP contribution in [0, 0.1) is 5.53 Å². The first kappa shape index (κ1) is 5.30. The van der Waals surface area contributed by atoms with E-state index in [1.807, 2.05) is 0 Å². The second kappa shape index (κ2) is 2.53. The minimum absolute atomic E-state index is 1.01. The van der Waals surface area contributed by atoms with E-state index in [2.05, 4.69) is 11.7 Å². The number of aliphatic hydroxyl groups is 1. The molecule has 0 aliphatic heterocycles. The van der Waals surface area contributed by atoms with E-state index >= 15 is 0 Å². The van der Waals surface area contributed by atoms with Crippen LogP contribution in [0.5, 0.6) is 0 Å². The van der Waals surface area contributed by atoms with Crippen molar-refractivity contribution < 1.29 is 5.11 Å². The van der Waals surface area contributed by atoms with E-state index < -0.39 is 6.23 Å². The van der Waals surface area contributed by atoms with E-state index in [4.69, 9.17) is 10.6 Å². The van der Waals surface area contributed by atoms with Crippen LogP contribution < -0.4 is 0 Å². The Labute approximate surface area is 35.8 Å². The molecule has 1 atom stereocenters. The molecule has 0 radical (unpaired) electrons. The van der Waals surface area contributed by atoms with Gasteiger partial charge in [0.2, 0.25) is 0 Å². The van der Waals surface area contributed by atoms with Crippen LogP contribution in [0.25, 0.3) is 0 Å². The van der Waals surface area contributed by atoms with Crippen LogP contribution in [0.15, 0.2) is 17.8 Å². The van der Waals surface area contributed by atoms with Crippen LogP contribution in [-0.2, 0) is 0 Å². The molecule has 0 saturated heterocycles. The Bertz CT molecular complexity index is 53.8. The predicted octanol–water partition coefficient (Wildman–Crippen LogP) is 0.522. The SMILES string of the molecule is C=CC(O)N=N. The minimum atomic E-state index is -1.01. The van der Waals surface area contributed by atoms with Crippen molar-refractivity contribution in [3.8, 4) is 0 Å². The third-order valence-corrected chi connectivity index (χ3v) is 0.343. The maximum absolute atomic E-state index is 8.19. The highest BCUT2D eigenvalue weighted by Crippen LogP contribution is 1.79.